The normalized spacial score (nSPS) is 29.1. The average molecular weight is 548 g/mol. The van der Waals surface area contributed by atoms with Crippen LogP contribution in [0.25, 0.3) is 0 Å². The van der Waals surface area contributed by atoms with Crippen LogP contribution in [0.5, 0.6) is 0 Å². The Balaban J connectivity index is 1.88. The van der Waals surface area contributed by atoms with Gasteiger partial charge in [-0.25, -0.2) is 0 Å². The van der Waals surface area contributed by atoms with Crippen molar-refractivity contribution in [2.45, 2.75) is 110 Å². The molecule has 2 aliphatic rings. The van der Waals surface area contributed by atoms with E-state index in [1.54, 1.807) is 6.92 Å². The summed E-state index contributed by atoms with van der Waals surface area (Å²) in [5.74, 6) is -0.212. The number of allylic oxidation sites excluding steroid dienone is 2. The van der Waals surface area contributed by atoms with Crippen molar-refractivity contribution in [2.75, 3.05) is 6.61 Å². The average Bonchev–Trinajstić information content (AvgIpc) is 2.79. The van der Waals surface area contributed by atoms with E-state index >= 15 is 0 Å². The van der Waals surface area contributed by atoms with Gasteiger partial charge in [-0.15, -0.1) is 0 Å². The van der Waals surface area contributed by atoms with Crippen LogP contribution in [0.2, 0.25) is 18.1 Å². The zero-order chi connectivity index (χ0) is 28.5. The standard InChI is InChI=1S/C29H45NO7Si/c1-18(23-20(31)14-29(5,6)15-21(23)32)30-24-26(34)25(33)22(17-36-38(7,8)28(2,3)4)37-27(24)35-16-19-12-10-9-11-13-19/h9-13,22,24-27,31,33-34H,14-17H2,1-8H3/t22-,24-,25-,26-,27+/m1/s1. The maximum Gasteiger partial charge on any atom is 0.192 e. The molecule has 9 heteroatoms. The molecule has 5 atom stereocenters. The van der Waals surface area contributed by atoms with Gasteiger partial charge in [0.1, 0.15) is 30.1 Å². The van der Waals surface area contributed by atoms with Gasteiger partial charge in [0.25, 0.3) is 0 Å². The smallest absolute Gasteiger partial charge is 0.192 e. The Hall–Kier alpha value is -1.88. The molecule has 38 heavy (non-hydrogen) atoms. The number of nitrogens with zero attached hydrogens (tertiary/aromatic N) is 1. The number of rotatable bonds is 8. The Morgan fingerprint density at radius 2 is 1.76 bits per heavy atom. The lowest BCUT2D eigenvalue weighted by Crippen LogP contribution is -2.59. The first-order chi connectivity index (χ1) is 17.5. The molecular formula is C29H45NO7Si. The molecule has 0 unspecified atom stereocenters. The second-order valence-corrected chi connectivity index (χ2v) is 17.7. The number of aliphatic hydroxyl groups excluding tert-OH is 3. The summed E-state index contributed by atoms with van der Waals surface area (Å²) in [6, 6.07) is 8.54. The first kappa shape index (κ1) is 30.7. The molecule has 1 heterocycles. The highest BCUT2D eigenvalue weighted by molar-refractivity contribution is 6.74. The molecule has 1 saturated heterocycles. The molecule has 1 aromatic rings. The number of hydrogen-bond donors (Lipinski definition) is 3. The number of ketones is 1. The molecule has 0 saturated carbocycles. The van der Waals surface area contributed by atoms with Crippen molar-refractivity contribution in [2.24, 2.45) is 10.4 Å². The van der Waals surface area contributed by atoms with Crippen molar-refractivity contribution in [1.29, 1.82) is 0 Å². The first-order valence-electron chi connectivity index (χ1n) is 13.3. The third kappa shape index (κ3) is 7.19. The monoisotopic (exact) mass is 547 g/mol. The van der Waals surface area contributed by atoms with Crippen LogP contribution in [0.1, 0.15) is 59.9 Å². The number of benzene rings is 1. The highest BCUT2D eigenvalue weighted by Crippen LogP contribution is 2.38. The van der Waals surface area contributed by atoms with E-state index in [0.717, 1.165) is 5.56 Å². The molecule has 212 valence electrons. The van der Waals surface area contributed by atoms with Gasteiger partial charge in [0.15, 0.2) is 20.4 Å². The number of aliphatic imine (C=N–C) groups is 1. The summed E-state index contributed by atoms with van der Waals surface area (Å²) in [4.78, 5) is 17.5. The van der Waals surface area contributed by atoms with Crippen LogP contribution in [0.15, 0.2) is 46.7 Å². The molecule has 3 N–H and O–H groups in total. The van der Waals surface area contributed by atoms with Gasteiger partial charge < -0.3 is 29.2 Å². The maximum absolute atomic E-state index is 12.9. The van der Waals surface area contributed by atoms with Crippen molar-refractivity contribution in [3.8, 4) is 0 Å². The maximum atomic E-state index is 12.9. The number of aliphatic hydroxyl groups is 3. The van der Waals surface area contributed by atoms with Crippen molar-refractivity contribution in [1.82, 2.24) is 0 Å². The number of carbonyl (C=O) groups is 1. The highest BCUT2D eigenvalue weighted by atomic mass is 28.4. The minimum atomic E-state index is -2.14. The van der Waals surface area contributed by atoms with Gasteiger partial charge in [0.05, 0.1) is 18.8 Å². The summed E-state index contributed by atoms with van der Waals surface area (Å²) >= 11 is 0. The van der Waals surface area contributed by atoms with E-state index in [1.165, 1.54) is 0 Å². The topological polar surface area (TPSA) is 118 Å². The van der Waals surface area contributed by atoms with E-state index in [0.29, 0.717) is 6.42 Å². The van der Waals surface area contributed by atoms with Crippen molar-refractivity contribution >= 4 is 19.8 Å². The molecule has 0 aromatic heterocycles. The van der Waals surface area contributed by atoms with Crippen LogP contribution >= 0.6 is 0 Å². The van der Waals surface area contributed by atoms with Gasteiger partial charge in [-0.3, -0.25) is 9.79 Å². The van der Waals surface area contributed by atoms with Crippen LogP contribution in [0.4, 0.5) is 0 Å². The summed E-state index contributed by atoms with van der Waals surface area (Å²) in [7, 11) is -2.14. The summed E-state index contributed by atoms with van der Waals surface area (Å²) in [6.07, 6.45) is -3.79. The Morgan fingerprint density at radius 1 is 1.13 bits per heavy atom. The molecule has 1 fully saturated rings. The Kier molecular flexibility index (Phi) is 9.44. The van der Waals surface area contributed by atoms with Crippen LogP contribution in [0, 0.1) is 5.41 Å². The number of Topliss-reactive ketones (excluding diaryl/α,β-unsaturated/α-hetero) is 1. The number of hydrogen-bond acceptors (Lipinski definition) is 8. The van der Waals surface area contributed by atoms with Gasteiger partial charge in [-0.1, -0.05) is 65.0 Å². The summed E-state index contributed by atoms with van der Waals surface area (Å²) in [5.41, 5.74) is 1.02. The zero-order valence-electron chi connectivity index (χ0n) is 24.0. The largest absolute Gasteiger partial charge is 0.511 e. The molecule has 0 spiro atoms. The fourth-order valence-corrected chi connectivity index (χ4v) is 5.59. The van der Waals surface area contributed by atoms with Crippen molar-refractivity contribution in [3.05, 3.63) is 47.2 Å². The van der Waals surface area contributed by atoms with E-state index in [-0.39, 0.29) is 52.9 Å². The van der Waals surface area contributed by atoms with E-state index < -0.39 is 39.0 Å². The summed E-state index contributed by atoms with van der Waals surface area (Å²) in [5, 5.41) is 32.8. The fraction of sp³-hybridized carbons (Fsp3) is 0.655. The lowest BCUT2D eigenvalue weighted by molar-refractivity contribution is -0.267. The van der Waals surface area contributed by atoms with Gasteiger partial charge in [-0.05, 0) is 36.0 Å². The van der Waals surface area contributed by atoms with Crippen LogP contribution in [-0.2, 0) is 25.3 Å². The molecule has 8 nitrogen and oxygen atoms in total. The van der Waals surface area contributed by atoms with Gasteiger partial charge in [-0.2, -0.15) is 0 Å². The van der Waals surface area contributed by atoms with E-state index in [4.69, 9.17) is 13.9 Å². The fourth-order valence-electron chi connectivity index (χ4n) is 4.58. The van der Waals surface area contributed by atoms with Crippen LogP contribution in [0.3, 0.4) is 0 Å². The van der Waals surface area contributed by atoms with Gasteiger partial charge in [0, 0.05) is 18.6 Å². The lowest BCUT2D eigenvalue weighted by atomic mass is 9.75. The SMILES string of the molecule is CC(=N[C@H]1[C@@H](OCc2ccccc2)O[C@H](CO[Si](C)(C)C(C)(C)C)[C@@H](O)[C@@H]1O)C1=C(O)CC(C)(C)CC1=O. The second kappa shape index (κ2) is 11.7. The van der Waals surface area contributed by atoms with E-state index in [1.807, 2.05) is 44.2 Å². The minimum absolute atomic E-state index is 0.0123. The predicted octanol–water partition coefficient (Wildman–Crippen LogP) is 4.70. The van der Waals surface area contributed by atoms with Gasteiger partial charge >= 0.3 is 0 Å². The molecule has 1 aliphatic carbocycles. The molecular weight excluding hydrogens is 502 g/mol. The molecule has 0 radical (unpaired) electrons. The van der Waals surface area contributed by atoms with Gasteiger partial charge in [0.2, 0.25) is 0 Å². The third-order valence-corrected chi connectivity index (χ3v) is 12.4. The Morgan fingerprint density at radius 3 is 2.34 bits per heavy atom. The third-order valence-electron chi connectivity index (χ3n) is 7.90. The Labute approximate surface area is 227 Å². The molecule has 0 bridgehead atoms. The molecule has 1 aliphatic heterocycles. The van der Waals surface area contributed by atoms with E-state index in [9.17, 15) is 20.1 Å². The Bertz CT molecular complexity index is 1040. The van der Waals surface area contributed by atoms with E-state index in [2.05, 4.69) is 38.9 Å². The lowest BCUT2D eigenvalue weighted by Gasteiger charge is -2.43. The molecule has 1 aromatic carbocycles. The molecule has 0 amide bonds. The quantitative estimate of drug-likeness (QED) is 0.319. The second-order valence-electron chi connectivity index (χ2n) is 12.9. The predicted molar refractivity (Wildman–Crippen MR) is 150 cm³/mol. The zero-order valence-corrected chi connectivity index (χ0v) is 25.0. The number of ether oxygens (including phenoxy) is 2. The molecule has 3 rings (SSSR count). The summed E-state index contributed by atoms with van der Waals surface area (Å²) < 4.78 is 18.6. The first-order valence-corrected chi connectivity index (χ1v) is 16.2. The van der Waals surface area contributed by atoms with Crippen LogP contribution in [-0.4, -0.2) is 72.4 Å². The van der Waals surface area contributed by atoms with Crippen LogP contribution < -0.4 is 0 Å². The minimum Gasteiger partial charge on any atom is -0.511 e. The van der Waals surface area contributed by atoms with Crippen molar-refractivity contribution in [3.63, 3.8) is 0 Å². The highest BCUT2D eigenvalue weighted by Gasteiger charge is 2.47. The van der Waals surface area contributed by atoms with Crippen molar-refractivity contribution < 1.29 is 34.0 Å². The summed E-state index contributed by atoms with van der Waals surface area (Å²) in [6.45, 7) is 16.4. The number of carbonyl (C=O) groups excluding carboxylic acids is 1.